The Morgan fingerprint density at radius 3 is 2.62 bits per heavy atom. The first-order valence-corrected chi connectivity index (χ1v) is 5.63. The van der Waals surface area contributed by atoms with Crippen LogP contribution in [0.4, 0.5) is 11.4 Å². The normalized spacial score (nSPS) is 16.2. The minimum absolute atomic E-state index is 0.392. The predicted molar refractivity (Wildman–Crippen MR) is 65.3 cm³/mol. The van der Waals surface area contributed by atoms with Gasteiger partial charge in [0.05, 0.1) is 16.9 Å². The third-order valence-electron chi connectivity index (χ3n) is 3.09. The molecule has 0 bridgehead atoms. The standard InChI is InChI=1S/C12H17N3O/c13-11-9(12(14)16)6-3-7-10(11)15-8-4-1-2-5-8/h3,6-8,15H,1-2,4-5,13H2,(H2,14,16). The zero-order valence-electron chi connectivity index (χ0n) is 9.20. The van der Waals surface area contributed by atoms with Crippen LogP contribution in [-0.2, 0) is 0 Å². The summed E-state index contributed by atoms with van der Waals surface area (Å²) in [5.74, 6) is -0.479. The molecule has 4 heteroatoms. The molecule has 0 spiro atoms. The molecule has 1 aliphatic carbocycles. The molecule has 0 heterocycles. The molecule has 0 unspecified atom stereocenters. The van der Waals surface area contributed by atoms with Crippen LogP contribution in [0.3, 0.4) is 0 Å². The highest BCUT2D eigenvalue weighted by molar-refractivity contribution is 6.00. The topological polar surface area (TPSA) is 81.1 Å². The predicted octanol–water partition coefficient (Wildman–Crippen LogP) is 1.72. The Balaban J connectivity index is 2.20. The summed E-state index contributed by atoms with van der Waals surface area (Å²) in [5.41, 5.74) is 12.8. The number of hydrogen-bond acceptors (Lipinski definition) is 3. The summed E-state index contributed by atoms with van der Waals surface area (Å²) in [7, 11) is 0. The minimum atomic E-state index is -0.479. The molecule has 1 aliphatic rings. The second-order valence-corrected chi connectivity index (χ2v) is 4.26. The summed E-state index contributed by atoms with van der Waals surface area (Å²) in [5, 5.41) is 3.37. The summed E-state index contributed by atoms with van der Waals surface area (Å²) >= 11 is 0. The Bertz CT molecular complexity index is 397. The number of carbonyl (C=O) groups excluding carboxylic acids is 1. The number of carbonyl (C=O) groups is 1. The highest BCUT2D eigenvalue weighted by Crippen LogP contribution is 2.27. The smallest absolute Gasteiger partial charge is 0.250 e. The monoisotopic (exact) mass is 219 g/mol. The van der Waals surface area contributed by atoms with E-state index in [1.807, 2.05) is 6.07 Å². The number of amides is 1. The maximum Gasteiger partial charge on any atom is 0.250 e. The fraction of sp³-hybridized carbons (Fsp3) is 0.417. The van der Waals surface area contributed by atoms with Crippen molar-refractivity contribution < 1.29 is 4.79 Å². The van der Waals surface area contributed by atoms with Crippen LogP contribution in [0, 0.1) is 0 Å². The zero-order valence-corrected chi connectivity index (χ0v) is 9.20. The van der Waals surface area contributed by atoms with Gasteiger partial charge >= 0.3 is 0 Å². The molecule has 16 heavy (non-hydrogen) atoms. The van der Waals surface area contributed by atoms with Gasteiger partial charge in [-0.3, -0.25) is 4.79 Å². The maximum absolute atomic E-state index is 11.1. The van der Waals surface area contributed by atoms with Crippen molar-refractivity contribution in [2.75, 3.05) is 11.1 Å². The van der Waals surface area contributed by atoms with Gasteiger partial charge in [-0.05, 0) is 25.0 Å². The van der Waals surface area contributed by atoms with E-state index in [0.717, 1.165) is 5.69 Å². The van der Waals surface area contributed by atoms with Crippen LogP contribution in [0.5, 0.6) is 0 Å². The fourth-order valence-corrected chi connectivity index (χ4v) is 2.20. The van der Waals surface area contributed by atoms with Crippen molar-refractivity contribution >= 4 is 17.3 Å². The van der Waals surface area contributed by atoms with Crippen LogP contribution >= 0.6 is 0 Å². The molecule has 0 atom stereocenters. The molecule has 1 saturated carbocycles. The lowest BCUT2D eigenvalue weighted by atomic mass is 10.1. The molecule has 0 radical (unpaired) electrons. The van der Waals surface area contributed by atoms with Crippen molar-refractivity contribution in [2.45, 2.75) is 31.7 Å². The van der Waals surface area contributed by atoms with Gasteiger partial charge in [-0.2, -0.15) is 0 Å². The van der Waals surface area contributed by atoms with Crippen LogP contribution in [0.1, 0.15) is 36.0 Å². The van der Waals surface area contributed by atoms with E-state index in [-0.39, 0.29) is 0 Å². The first-order valence-electron chi connectivity index (χ1n) is 5.63. The maximum atomic E-state index is 11.1. The van der Waals surface area contributed by atoms with Gasteiger partial charge in [0.15, 0.2) is 0 Å². The molecular weight excluding hydrogens is 202 g/mol. The lowest BCUT2D eigenvalue weighted by Crippen LogP contribution is -2.18. The molecule has 1 aromatic rings. The molecule has 1 amide bonds. The molecular formula is C12H17N3O. The van der Waals surface area contributed by atoms with E-state index in [2.05, 4.69) is 5.32 Å². The number of nitrogens with one attached hydrogen (secondary N) is 1. The largest absolute Gasteiger partial charge is 0.396 e. The summed E-state index contributed by atoms with van der Waals surface area (Å²) in [6.07, 6.45) is 4.85. The van der Waals surface area contributed by atoms with E-state index in [1.165, 1.54) is 25.7 Å². The van der Waals surface area contributed by atoms with Gasteiger partial charge in [0.2, 0.25) is 0 Å². The second kappa shape index (κ2) is 4.43. The SMILES string of the molecule is NC(=O)c1cccc(NC2CCCC2)c1N. The first-order chi connectivity index (χ1) is 7.68. The molecule has 1 fully saturated rings. The number of primary amides is 1. The van der Waals surface area contributed by atoms with Gasteiger partial charge in [0.25, 0.3) is 5.91 Å². The van der Waals surface area contributed by atoms with E-state index in [0.29, 0.717) is 17.3 Å². The van der Waals surface area contributed by atoms with Gasteiger partial charge in [0.1, 0.15) is 0 Å². The molecule has 86 valence electrons. The molecule has 0 aliphatic heterocycles. The van der Waals surface area contributed by atoms with Crippen LogP contribution in [-0.4, -0.2) is 11.9 Å². The Kier molecular flexibility index (Phi) is 2.99. The van der Waals surface area contributed by atoms with E-state index >= 15 is 0 Å². The van der Waals surface area contributed by atoms with Crippen molar-refractivity contribution in [2.24, 2.45) is 5.73 Å². The van der Waals surface area contributed by atoms with Crippen molar-refractivity contribution in [1.29, 1.82) is 0 Å². The Hall–Kier alpha value is -1.71. The van der Waals surface area contributed by atoms with Crippen LogP contribution in [0.2, 0.25) is 0 Å². The lowest BCUT2D eigenvalue weighted by Gasteiger charge is -2.16. The van der Waals surface area contributed by atoms with Crippen molar-refractivity contribution in [3.05, 3.63) is 23.8 Å². The Morgan fingerprint density at radius 2 is 2.00 bits per heavy atom. The van der Waals surface area contributed by atoms with E-state index < -0.39 is 5.91 Å². The van der Waals surface area contributed by atoms with Gasteiger partial charge < -0.3 is 16.8 Å². The number of hydrogen-bond donors (Lipinski definition) is 3. The molecule has 5 N–H and O–H groups in total. The molecule has 4 nitrogen and oxygen atoms in total. The molecule has 0 saturated heterocycles. The third-order valence-corrected chi connectivity index (χ3v) is 3.09. The highest BCUT2D eigenvalue weighted by atomic mass is 16.1. The van der Waals surface area contributed by atoms with Gasteiger partial charge in [-0.25, -0.2) is 0 Å². The number of para-hydroxylation sites is 1. The van der Waals surface area contributed by atoms with E-state index in [1.54, 1.807) is 12.1 Å². The van der Waals surface area contributed by atoms with Gasteiger partial charge in [0, 0.05) is 6.04 Å². The number of nitrogen functional groups attached to an aromatic ring is 1. The third kappa shape index (κ3) is 2.10. The average Bonchev–Trinajstić information content (AvgIpc) is 2.73. The van der Waals surface area contributed by atoms with Gasteiger partial charge in [-0.1, -0.05) is 18.9 Å². The first kappa shape index (κ1) is 10.8. The molecule has 0 aromatic heterocycles. The van der Waals surface area contributed by atoms with Crippen LogP contribution in [0.25, 0.3) is 0 Å². The van der Waals surface area contributed by atoms with Crippen molar-refractivity contribution in [3.8, 4) is 0 Å². The second-order valence-electron chi connectivity index (χ2n) is 4.26. The fourth-order valence-electron chi connectivity index (χ4n) is 2.20. The number of rotatable bonds is 3. The van der Waals surface area contributed by atoms with Crippen molar-refractivity contribution in [3.63, 3.8) is 0 Å². The molecule has 1 aromatic carbocycles. The Labute approximate surface area is 95.0 Å². The Morgan fingerprint density at radius 1 is 1.31 bits per heavy atom. The van der Waals surface area contributed by atoms with Crippen LogP contribution < -0.4 is 16.8 Å². The highest BCUT2D eigenvalue weighted by Gasteiger charge is 2.16. The number of benzene rings is 1. The van der Waals surface area contributed by atoms with E-state index in [4.69, 9.17) is 11.5 Å². The number of anilines is 2. The van der Waals surface area contributed by atoms with Crippen molar-refractivity contribution in [1.82, 2.24) is 0 Å². The minimum Gasteiger partial charge on any atom is -0.396 e. The summed E-state index contributed by atoms with van der Waals surface area (Å²) < 4.78 is 0. The van der Waals surface area contributed by atoms with Gasteiger partial charge in [-0.15, -0.1) is 0 Å². The van der Waals surface area contributed by atoms with E-state index in [9.17, 15) is 4.79 Å². The average molecular weight is 219 g/mol. The lowest BCUT2D eigenvalue weighted by molar-refractivity contribution is 0.100. The number of nitrogens with two attached hydrogens (primary N) is 2. The van der Waals surface area contributed by atoms with Crippen LogP contribution in [0.15, 0.2) is 18.2 Å². The quantitative estimate of drug-likeness (QED) is 0.677. The molecule has 2 rings (SSSR count). The summed E-state index contributed by atoms with van der Waals surface area (Å²) in [6, 6.07) is 5.82. The zero-order chi connectivity index (χ0) is 11.5. The summed E-state index contributed by atoms with van der Waals surface area (Å²) in [6.45, 7) is 0. The summed E-state index contributed by atoms with van der Waals surface area (Å²) in [4.78, 5) is 11.1.